The Labute approximate surface area is 92.4 Å². The van der Waals surface area contributed by atoms with Crippen molar-refractivity contribution in [3.8, 4) is 0 Å². The van der Waals surface area contributed by atoms with Gasteiger partial charge in [0, 0.05) is 6.20 Å². The number of carbonyl (C=O) groups excluding carboxylic acids is 3. The van der Waals surface area contributed by atoms with E-state index >= 15 is 0 Å². The Morgan fingerprint density at radius 3 is 2.38 bits per heavy atom. The van der Waals surface area contributed by atoms with Gasteiger partial charge in [0.2, 0.25) is 5.92 Å². The summed E-state index contributed by atoms with van der Waals surface area (Å²) in [4.78, 5) is 33.9. The van der Waals surface area contributed by atoms with E-state index in [1.54, 1.807) is 0 Å². The van der Waals surface area contributed by atoms with Crippen molar-refractivity contribution in [1.82, 2.24) is 0 Å². The Kier molecular flexibility index (Phi) is 4.04. The number of ether oxygens (including phenoxy) is 2. The zero-order valence-electron chi connectivity index (χ0n) is 8.84. The molecule has 16 heavy (non-hydrogen) atoms. The summed E-state index contributed by atoms with van der Waals surface area (Å²) in [5.74, 6) is -3.96. The van der Waals surface area contributed by atoms with Crippen LogP contribution in [0.3, 0.4) is 0 Å². The minimum absolute atomic E-state index is 0.160. The van der Waals surface area contributed by atoms with E-state index in [0.717, 1.165) is 32.2 Å². The Morgan fingerprint density at radius 2 is 1.94 bits per heavy atom. The van der Waals surface area contributed by atoms with Crippen LogP contribution < -0.4 is 5.73 Å². The molecule has 1 rings (SSSR count). The zero-order valence-corrected chi connectivity index (χ0v) is 8.84. The van der Waals surface area contributed by atoms with E-state index in [-0.39, 0.29) is 6.10 Å². The van der Waals surface area contributed by atoms with Crippen molar-refractivity contribution in [1.29, 1.82) is 0 Å². The monoisotopic (exact) mass is 227 g/mol. The molecular weight excluding hydrogens is 214 g/mol. The van der Waals surface area contributed by atoms with E-state index < -0.39 is 23.6 Å². The van der Waals surface area contributed by atoms with Crippen LogP contribution in [0.4, 0.5) is 0 Å². The van der Waals surface area contributed by atoms with Crippen molar-refractivity contribution in [3.05, 3.63) is 12.5 Å². The van der Waals surface area contributed by atoms with Crippen LogP contribution in [-0.4, -0.2) is 23.8 Å². The highest BCUT2D eigenvalue weighted by atomic mass is 16.6. The first-order valence-corrected chi connectivity index (χ1v) is 4.84. The number of esters is 2. The largest absolute Gasteiger partial charge is 0.461 e. The molecule has 1 fully saturated rings. The van der Waals surface area contributed by atoms with Gasteiger partial charge in [-0.15, -0.1) is 0 Å². The smallest absolute Gasteiger partial charge is 0.332 e. The average Bonchev–Trinajstić information content (AvgIpc) is 2.98. The highest BCUT2D eigenvalue weighted by molar-refractivity contribution is 6.14. The van der Waals surface area contributed by atoms with Crippen molar-refractivity contribution in [2.24, 2.45) is 11.7 Å². The average molecular weight is 227 g/mol. The highest BCUT2D eigenvalue weighted by Gasteiger charge is 2.37. The third-order valence-electron chi connectivity index (χ3n) is 1.95. The lowest BCUT2D eigenvalue weighted by atomic mass is 10.1. The van der Waals surface area contributed by atoms with E-state index in [9.17, 15) is 14.4 Å². The van der Waals surface area contributed by atoms with Crippen LogP contribution in [0.2, 0.25) is 0 Å². The maximum atomic E-state index is 11.4. The van der Waals surface area contributed by atoms with E-state index in [0.29, 0.717) is 0 Å². The van der Waals surface area contributed by atoms with Crippen LogP contribution in [0, 0.1) is 5.92 Å². The molecule has 1 saturated carbocycles. The van der Waals surface area contributed by atoms with Crippen LogP contribution in [0.1, 0.15) is 19.8 Å². The molecule has 0 aromatic carbocycles. The fraction of sp³-hybridized carbons (Fsp3) is 0.500. The summed E-state index contributed by atoms with van der Waals surface area (Å²) in [7, 11) is 0. The highest BCUT2D eigenvalue weighted by Crippen LogP contribution is 2.25. The number of ketones is 1. The predicted molar refractivity (Wildman–Crippen MR) is 52.7 cm³/mol. The molecule has 6 nitrogen and oxygen atoms in total. The minimum Gasteiger partial charge on any atom is -0.461 e. The fourth-order valence-corrected chi connectivity index (χ4v) is 1.02. The van der Waals surface area contributed by atoms with E-state index in [1.807, 2.05) is 0 Å². The topological polar surface area (TPSA) is 95.7 Å². The van der Waals surface area contributed by atoms with E-state index in [2.05, 4.69) is 4.74 Å². The van der Waals surface area contributed by atoms with Gasteiger partial charge in [-0.25, -0.2) is 0 Å². The van der Waals surface area contributed by atoms with E-state index in [4.69, 9.17) is 10.5 Å². The number of rotatable bonds is 5. The Morgan fingerprint density at radius 1 is 1.31 bits per heavy atom. The van der Waals surface area contributed by atoms with Gasteiger partial charge in [-0.3, -0.25) is 14.4 Å². The van der Waals surface area contributed by atoms with Crippen LogP contribution in [0.5, 0.6) is 0 Å². The first-order valence-electron chi connectivity index (χ1n) is 4.84. The molecule has 1 atom stereocenters. The third-order valence-corrected chi connectivity index (χ3v) is 1.95. The van der Waals surface area contributed by atoms with Crippen molar-refractivity contribution >= 4 is 17.7 Å². The number of carbonyl (C=O) groups is 3. The Bertz CT molecular complexity index is 332. The summed E-state index contributed by atoms with van der Waals surface area (Å²) < 4.78 is 9.34. The van der Waals surface area contributed by atoms with Crippen LogP contribution in [0.25, 0.3) is 0 Å². The second-order valence-electron chi connectivity index (χ2n) is 3.45. The molecule has 0 aromatic rings. The molecule has 0 aromatic heterocycles. The molecule has 0 amide bonds. The standard InChI is InChI=1S/C10H13NO5/c1-6(12)8(9(13)15-5-4-11)10(14)16-7-2-3-7/h4-5,7-8H,2-3,11H2,1H3. The molecule has 88 valence electrons. The Hall–Kier alpha value is -1.85. The molecule has 0 bridgehead atoms. The molecule has 0 heterocycles. The molecule has 0 aliphatic heterocycles. The van der Waals surface area contributed by atoms with Gasteiger partial charge in [-0.1, -0.05) is 0 Å². The number of Topliss-reactive ketones (excluding diaryl/α,β-unsaturated/α-hetero) is 1. The van der Waals surface area contributed by atoms with Crippen molar-refractivity contribution in [2.75, 3.05) is 0 Å². The van der Waals surface area contributed by atoms with Crippen LogP contribution in [-0.2, 0) is 23.9 Å². The van der Waals surface area contributed by atoms with Crippen LogP contribution >= 0.6 is 0 Å². The SMILES string of the molecule is CC(=O)C(C(=O)OC=CN)C(=O)OC1CC1. The quantitative estimate of drug-likeness (QED) is 0.399. The van der Waals surface area contributed by atoms with Crippen molar-refractivity contribution in [3.63, 3.8) is 0 Å². The van der Waals surface area contributed by atoms with E-state index in [1.165, 1.54) is 0 Å². The van der Waals surface area contributed by atoms with Gasteiger partial charge in [0.15, 0.2) is 5.78 Å². The summed E-state index contributed by atoms with van der Waals surface area (Å²) in [5.41, 5.74) is 4.96. The molecule has 0 saturated heterocycles. The normalized spacial score (nSPS) is 16.8. The fourth-order valence-electron chi connectivity index (χ4n) is 1.02. The molecule has 2 N–H and O–H groups in total. The lowest BCUT2D eigenvalue weighted by Gasteiger charge is -2.10. The second-order valence-corrected chi connectivity index (χ2v) is 3.45. The van der Waals surface area contributed by atoms with Crippen molar-refractivity contribution in [2.45, 2.75) is 25.9 Å². The van der Waals surface area contributed by atoms with Gasteiger partial charge in [0.1, 0.15) is 12.4 Å². The van der Waals surface area contributed by atoms with Gasteiger partial charge in [-0.05, 0) is 19.8 Å². The summed E-state index contributed by atoms with van der Waals surface area (Å²) in [5, 5.41) is 0. The zero-order chi connectivity index (χ0) is 12.1. The van der Waals surface area contributed by atoms with Crippen LogP contribution in [0.15, 0.2) is 12.5 Å². The molecule has 6 heteroatoms. The van der Waals surface area contributed by atoms with Gasteiger partial charge >= 0.3 is 11.9 Å². The van der Waals surface area contributed by atoms with Gasteiger partial charge < -0.3 is 15.2 Å². The molecular formula is C10H13NO5. The third kappa shape index (κ3) is 3.38. The molecule has 1 aliphatic carbocycles. The summed E-state index contributed by atoms with van der Waals surface area (Å²) in [6.07, 6.45) is 3.28. The van der Waals surface area contributed by atoms with Crippen molar-refractivity contribution < 1.29 is 23.9 Å². The summed E-state index contributed by atoms with van der Waals surface area (Å²) >= 11 is 0. The molecule has 0 radical (unpaired) electrons. The number of nitrogens with two attached hydrogens (primary N) is 1. The molecule has 1 aliphatic rings. The minimum atomic E-state index is -1.52. The summed E-state index contributed by atoms with van der Waals surface area (Å²) in [6.45, 7) is 1.13. The Balaban J connectivity index is 2.60. The second kappa shape index (κ2) is 5.29. The molecule has 1 unspecified atom stereocenters. The first kappa shape index (κ1) is 12.2. The van der Waals surface area contributed by atoms with Gasteiger partial charge in [-0.2, -0.15) is 0 Å². The summed E-state index contributed by atoms with van der Waals surface area (Å²) in [6, 6.07) is 0. The number of hydrogen-bond acceptors (Lipinski definition) is 6. The predicted octanol–water partition coefficient (Wildman–Crippen LogP) is -0.130. The lowest BCUT2D eigenvalue weighted by Crippen LogP contribution is -2.33. The number of hydrogen-bond donors (Lipinski definition) is 1. The first-order chi connectivity index (χ1) is 7.56. The maximum Gasteiger partial charge on any atom is 0.332 e. The van der Waals surface area contributed by atoms with Gasteiger partial charge in [0.25, 0.3) is 0 Å². The maximum absolute atomic E-state index is 11.4. The van der Waals surface area contributed by atoms with Gasteiger partial charge in [0.05, 0.1) is 0 Å². The lowest BCUT2D eigenvalue weighted by molar-refractivity contribution is -0.162. The molecule has 0 spiro atoms.